The number of aliphatic carboxylic acids is 1. The van der Waals surface area contributed by atoms with Crippen LogP contribution in [0.2, 0.25) is 0 Å². The van der Waals surface area contributed by atoms with Gasteiger partial charge >= 0.3 is 11.9 Å². The Morgan fingerprint density at radius 3 is 1.43 bits per heavy atom. The van der Waals surface area contributed by atoms with Gasteiger partial charge in [-0.25, -0.2) is 0 Å². The normalized spacial score (nSPS) is 13.4. The molecule has 0 bridgehead atoms. The number of hydrogen-bond donors (Lipinski definition) is 0. The lowest BCUT2D eigenvalue weighted by molar-refractivity contribution is -0.889. The molecule has 0 aromatic heterocycles. The van der Waals surface area contributed by atoms with Crippen LogP contribution in [-0.4, -0.2) is 75.5 Å². The Hall–Kier alpha value is -2.97. The second-order valence-electron chi connectivity index (χ2n) is 17.4. The fourth-order valence-corrected chi connectivity index (χ4v) is 6.96. The molecule has 0 N–H and O–H groups in total. The van der Waals surface area contributed by atoms with Crippen molar-refractivity contribution in [1.82, 2.24) is 0 Å². The van der Waals surface area contributed by atoms with Crippen molar-refractivity contribution in [1.29, 1.82) is 0 Å². The summed E-state index contributed by atoms with van der Waals surface area (Å²) in [6.45, 7) is 4.50. The minimum absolute atomic E-state index is 0.0278. The quantitative estimate of drug-likeness (QED) is 0.0198. The first-order valence-electron chi connectivity index (χ1n) is 24.4. The van der Waals surface area contributed by atoms with Crippen molar-refractivity contribution in [3.05, 3.63) is 60.8 Å². The second-order valence-corrected chi connectivity index (χ2v) is 17.4. The van der Waals surface area contributed by atoms with E-state index in [1.54, 1.807) is 21.1 Å². The van der Waals surface area contributed by atoms with Crippen LogP contribution in [0.15, 0.2) is 60.8 Å². The fraction of sp³-hybridized carbons (Fsp3) is 0.750. The Balaban J connectivity index is 4.28. The first-order valence-corrected chi connectivity index (χ1v) is 24.4. The largest absolute Gasteiger partial charge is 0.544 e. The number of unbranched alkanes of at least 4 members (excludes halogenated alkanes) is 22. The fourth-order valence-electron chi connectivity index (χ4n) is 6.96. The number of likely N-dealkylation sites (N-methyl/N-ethyl adjacent to an activating group) is 1. The van der Waals surface area contributed by atoms with E-state index in [9.17, 15) is 19.5 Å². The van der Waals surface area contributed by atoms with Gasteiger partial charge in [-0.15, -0.1) is 0 Å². The molecule has 0 aromatic carbocycles. The molecule has 346 valence electrons. The van der Waals surface area contributed by atoms with Gasteiger partial charge in [0.25, 0.3) is 0 Å². The Kier molecular flexibility index (Phi) is 40.6. The van der Waals surface area contributed by atoms with Crippen molar-refractivity contribution < 1.29 is 38.2 Å². The molecule has 0 amide bonds. The van der Waals surface area contributed by atoms with Gasteiger partial charge in [-0.05, 0) is 57.8 Å². The number of carbonyl (C=O) groups is 3. The van der Waals surface area contributed by atoms with Crippen molar-refractivity contribution in [3.63, 3.8) is 0 Å². The summed E-state index contributed by atoms with van der Waals surface area (Å²) in [7, 11) is 5.40. The van der Waals surface area contributed by atoms with Crippen LogP contribution in [0.5, 0.6) is 0 Å². The van der Waals surface area contributed by atoms with Crippen molar-refractivity contribution in [3.8, 4) is 0 Å². The van der Waals surface area contributed by atoms with Crippen LogP contribution in [0.1, 0.15) is 200 Å². The molecule has 8 heteroatoms. The van der Waals surface area contributed by atoms with Crippen molar-refractivity contribution in [2.75, 3.05) is 41.0 Å². The zero-order valence-corrected chi connectivity index (χ0v) is 39.4. The molecule has 0 spiro atoms. The number of rotatable bonds is 43. The molecular weight excluding hydrogens is 751 g/mol. The van der Waals surface area contributed by atoms with E-state index in [1.165, 1.54) is 103 Å². The zero-order valence-electron chi connectivity index (χ0n) is 39.4. The molecule has 0 radical (unpaired) electrons. The van der Waals surface area contributed by atoms with E-state index in [4.69, 9.17) is 14.2 Å². The van der Waals surface area contributed by atoms with Gasteiger partial charge in [0.05, 0.1) is 40.3 Å². The van der Waals surface area contributed by atoms with E-state index in [0.717, 1.165) is 64.2 Å². The maximum Gasteiger partial charge on any atom is 0.306 e. The molecule has 0 heterocycles. The third-order valence-electron chi connectivity index (χ3n) is 10.7. The molecule has 0 aliphatic heterocycles. The minimum Gasteiger partial charge on any atom is -0.544 e. The summed E-state index contributed by atoms with van der Waals surface area (Å²) in [4.78, 5) is 36.9. The lowest BCUT2D eigenvalue weighted by Gasteiger charge is -2.34. The average molecular weight is 842 g/mol. The van der Waals surface area contributed by atoms with Crippen LogP contribution < -0.4 is 5.11 Å². The Morgan fingerprint density at radius 2 is 0.950 bits per heavy atom. The molecule has 0 rings (SSSR count). The number of allylic oxidation sites excluding steroid dienone is 10. The van der Waals surface area contributed by atoms with Gasteiger partial charge in [0.15, 0.2) is 6.10 Å². The van der Waals surface area contributed by atoms with Gasteiger partial charge in [-0.3, -0.25) is 9.59 Å². The summed E-state index contributed by atoms with van der Waals surface area (Å²) in [5, 5.41) is 11.6. The van der Waals surface area contributed by atoms with Gasteiger partial charge in [-0.2, -0.15) is 0 Å². The maximum atomic E-state index is 12.7. The van der Waals surface area contributed by atoms with Gasteiger partial charge in [0.2, 0.25) is 0 Å². The van der Waals surface area contributed by atoms with E-state index in [0.29, 0.717) is 12.8 Å². The standard InChI is InChI=1S/C52H91NO7/c1-6-8-10-12-14-16-18-20-22-23-24-25-26-27-29-30-32-34-36-38-40-42-50(54)59-47-48(46-58-45-44-49(52(56)57)53(3,4)5)60-51(55)43-41-39-37-35-33-31-28-21-19-17-15-13-11-9-7-2/h9,11,13,15,17,19,21,25-26,28,48-49H,6-8,10,12,14,16,18,20,22-24,27,29-47H2,1-5H3/b11-9+,15-13+,19-17+,26-25+,28-21+. The van der Waals surface area contributed by atoms with E-state index < -0.39 is 18.1 Å². The monoisotopic (exact) mass is 842 g/mol. The van der Waals surface area contributed by atoms with E-state index >= 15 is 0 Å². The van der Waals surface area contributed by atoms with Crippen LogP contribution in [-0.2, 0) is 28.6 Å². The maximum absolute atomic E-state index is 12.7. The lowest BCUT2D eigenvalue weighted by atomic mass is 10.1. The second kappa shape index (κ2) is 42.7. The highest BCUT2D eigenvalue weighted by atomic mass is 16.6. The first kappa shape index (κ1) is 57.0. The summed E-state index contributed by atoms with van der Waals surface area (Å²) in [6, 6.07) is -0.733. The number of esters is 2. The lowest BCUT2D eigenvalue weighted by Crippen LogP contribution is -2.55. The summed E-state index contributed by atoms with van der Waals surface area (Å²) in [5.74, 6) is -1.77. The molecule has 0 aliphatic carbocycles. The van der Waals surface area contributed by atoms with E-state index in [2.05, 4.69) is 44.2 Å². The first-order chi connectivity index (χ1) is 29.1. The zero-order chi connectivity index (χ0) is 44.2. The molecule has 8 nitrogen and oxygen atoms in total. The third-order valence-corrected chi connectivity index (χ3v) is 10.7. The highest BCUT2D eigenvalue weighted by Gasteiger charge is 2.25. The van der Waals surface area contributed by atoms with Crippen LogP contribution in [0, 0.1) is 0 Å². The van der Waals surface area contributed by atoms with Crippen LogP contribution in [0.25, 0.3) is 0 Å². The molecule has 60 heavy (non-hydrogen) atoms. The highest BCUT2D eigenvalue weighted by Crippen LogP contribution is 2.15. The predicted octanol–water partition coefficient (Wildman–Crippen LogP) is 12.4. The van der Waals surface area contributed by atoms with Gasteiger partial charge in [-0.1, -0.05) is 184 Å². The molecule has 0 fully saturated rings. The van der Waals surface area contributed by atoms with Gasteiger partial charge in [0, 0.05) is 19.3 Å². The number of nitrogens with zero attached hydrogens (tertiary/aromatic N) is 1. The molecule has 0 saturated heterocycles. The molecule has 0 aliphatic rings. The highest BCUT2D eigenvalue weighted by molar-refractivity contribution is 5.70. The summed E-state index contributed by atoms with van der Waals surface area (Å²) < 4.78 is 17.2. The molecule has 0 aromatic rings. The number of carboxylic acid groups (broad SMARTS) is 1. The molecule has 0 saturated carbocycles. The van der Waals surface area contributed by atoms with E-state index in [-0.39, 0.29) is 42.7 Å². The number of carbonyl (C=O) groups excluding carboxylic acids is 3. The smallest absolute Gasteiger partial charge is 0.306 e. The Labute approximate surface area is 368 Å². The minimum atomic E-state index is -1.13. The number of quaternary nitrogens is 1. The van der Waals surface area contributed by atoms with Crippen molar-refractivity contribution in [2.45, 2.75) is 212 Å². The third kappa shape index (κ3) is 40.4. The van der Waals surface area contributed by atoms with E-state index in [1.807, 2.05) is 30.4 Å². The summed E-state index contributed by atoms with van der Waals surface area (Å²) in [5.41, 5.74) is 0. The van der Waals surface area contributed by atoms with Crippen molar-refractivity contribution in [2.24, 2.45) is 0 Å². The average Bonchev–Trinajstić information content (AvgIpc) is 3.21. The van der Waals surface area contributed by atoms with Crippen LogP contribution >= 0.6 is 0 Å². The molecule has 2 atom stereocenters. The predicted molar refractivity (Wildman–Crippen MR) is 249 cm³/mol. The Morgan fingerprint density at radius 1 is 0.517 bits per heavy atom. The Bertz CT molecular complexity index is 1170. The summed E-state index contributed by atoms with van der Waals surface area (Å²) >= 11 is 0. The molecule has 2 unspecified atom stereocenters. The van der Waals surface area contributed by atoms with Gasteiger partial charge < -0.3 is 28.6 Å². The number of hydrogen-bond acceptors (Lipinski definition) is 7. The summed E-state index contributed by atoms with van der Waals surface area (Å²) in [6.07, 6.45) is 52.5. The molecular formula is C52H91NO7. The van der Waals surface area contributed by atoms with Gasteiger partial charge in [0.1, 0.15) is 12.6 Å². The van der Waals surface area contributed by atoms with Crippen LogP contribution in [0.4, 0.5) is 0 Å². The van der Waals surface area contributed by atoms with Crippen molar-refractivity contribution >= 4 is 17.9 Å². The van der Waals surface area contributed by atoms with Crippen LogP contribution in [0.3, 0.4) is 0 Å². The number of ether oxygens (including phenoxy) is 3. The number of carboxylic acids is 1. The SMILES string of the molecule is CC/C=C/C=C/C=C/C=C/CCCCCCCC(=O)OC(COCCC(C(=O)[O-])[N+](C)(C)C)COC(=O)CCCCCCCCC/C=C/CCCCCCCCCCCC. The topological polar surface area (TPSA) is 102 Å².